The summed E-state index contributed by atoms with van der Waals surface area (Å²) >= 11 is 0. The van der Waals surface area contributed by atoms with Crippen molar-refractivity contribution in [3.05, 3.63) is 35.4 Å². The van der Waals surface area contributed by atoms with Crippen molar-refractivity contribution in [2.75, 3.05) is 7.11 Å². The van der Waals surface area contributed by atoms with Gasteiger partial charge < -0.3 is 19.7 Å². The van der Waals surface area contributed by atoms with Gasteiger partial charge in [-0.25, -0.2) is 4.79 Å². The molecule has 1 aromatic rings. The zero-order valence-electron chi connectivity index (χ0n) is 27.2. The second-order valence-corrected chi connectivity index (χ2v) is 15.2. The molecule has 0 aromatic heterocycles. The van der Waals surface area contributed by atoms with Gasteiger partial charge in [0.05, 0.1) is 18.8 Å². The molecule has 42 heavy (non-hydrogen) atoms. The highest BCUT2D eigenvalue weighted by atomic mass is 16.5. The molecule has 0 radical (unpaired) electrons. The lowest BCUT2D eigenvalue weighted by atomic mass is 9.46. The van der Waals surface area contributed by atoms with Crippen molar-refractivity contribution in [2.24, 2.45) is 52.3 Å². The van der Waals surface area contributed by atoms with Crippen LogP contribution in [0.2, 0.25) is 0 Å². The van der Waals surface area contributed by atoms with E-state index in [1.165, 1.54) is 69.8 Å². The largest absolute Gasteiger partial charge is 0.504 e. The second kappa shape index (κ2) is 12.2. The van der Waals surface area contributed by atoms with Crippen molar-refractivity contribution in [2.45, 2.75) is 118 Å². The number of hydrogen-bond acceptors (Lipinski definition) is 5. The summed E-state index contributed by atoms with van der Waals surface area (Å²) in [6.07, 6.45) is 13.0. The smallest absolute Gasteiger partial charge is 0.338 e. The summed E-state index contributed by atoms with van der Waals surface area (Å²) in [6, 6.07) is 4.56. The Kier molecular flexibility index (Phi) is 9.11. The number of carbonyl (C=O) groups is 1. The van der Waals surface area contributed by atoms with Crippen molar-refractivity contribution in [1.82, 2.24) is 0 Å². The van der Waals surface area contributed by atoms with E-state index in [4.69, 9.17) is 9.47 Å². The lowest BCUT2D eigenvalue weighted by Gasteiger charge is -2.59. The minimum Gasteiger partial charge on any atom is -0.504 e. The molecule has 3 fully saturated rings. The summed E-state index contributed by atoms with van der Waals surface area (Å²) < 4.78 is 11.1. The molecule has 4 aliphatic rings. The predicted octanol–water partition coefficient (Wildman–Crippen LogP) is 8.57. The topological polar surface area (TPSA) is 76.0 Å². The lowest BCUT2D eigenvalue weighted by molar-refractivity contribution is -0.0979. The summed E-state index contributed by atoms with van der Waals surface area (Å²) in [5.74, 6) is 4.36. The summed E-state index contributed by atoms with van der Waals surface area (Å²) in [5, 5.41) is 21.6. The van der Waals surface area contributed by atoms with Crippen LogP contribution in [0.4, 0.5) is 0 Å². The molecule has 0 bridgehead atoms. The van der Waals surface area contributed by atoms with Gasteiger partial charge in [0, 0.05) is 6.42 Å². The molecular weight excluding hydrogens is 524 g/mol. The maximum absolute atomic E-state index is 13.0. The lowest BCUT2D eigenvalue weighted by Crippen LogP contribution is -2.55. The Morgan fingerprint density at radius 1 is 1.05 bits per heavy atom. The van der Waals surface area contributed by atoms with Gasteiger partial charge in [-0.05, 0) is 115 Å². The summed E-state index contributed by atoms with van der Waals surface area (Å²) in [7, 11) is 1.47. The molecule has 5 heteroatoms. The number of benzene rings is 1. The molecule has 1 aromatic carbocycles. The van der Waals surface area contributed by atoms with Gasteiger partial charge in [0.2, 0.25) is 0 Å². The third kappa shape index (κ3) is 5.53. The number of phenolic OH excluding ortho intramolecular Hbond substituents is 1. The second-order valence-electron chi connectivity index (χ2n) is 15.2. The van der Waals surface area contributed by atoms with E-state index in [1.54, 1.807) is 6.07 Å². The Labute approximate surface area is 254 Å². The van der Waals surface area contributed by atoms with Gasteiger partial charge in [-0.2, -0.15) is 0 Å². The number of aliphatic hydroxyl groups excluding tert-OH is 1. The van der Waals surface area contributed by atoms with Crippen molar-refractivity contribution in [1.29, 1.82) is 0 Å². The van der Waals surface area contributed by atoms with Gasteiger partial charge in [0.25, 0.3) is 0 Å². The first-order valence-corrected chi connectivity index (χ1v) is 16.9. The summed E-state index contributed by atoms with van der Waals surface area (Å²) in [5.41, 5.74) is 2.04. The number of hydrogen-bond donors (Lipinski definition) is 2. The fourth-order valence-corrected chi connectivity index (χ4v) is 10.4. The molecule has 4 aliphatic carbocycles. The SMILES string of the molecule is CCC(CCC(C)C1CCC2C3C(O)C=C4CC(OC(=O)c5ccc(O)c(OC)c5)CCC4(C)C3CCC12C)C(C)C. The number of phenols is 1. The Bertz CT molecular complexity index is 1160. The molecule has 0 amide bonds. The molecule has 0 spiro atoms. The Hall–Kier alpha value is -2.01. The number of aromatic hydroxyl groups is 1. The minimum absolute atomic E-state index is 0.00117. The summed E-state index contributed by atoms with van der Waals surface area (Å²) in [6.45, 7) is 14.6. The quantitative estimate of drug-likeness (QED) is 0.226. The van der Waals surface area contributed by atoms with E-state index in [0.29, 0.717) is 35.2 Å². The Morgan fingerprint density at radius 3 is 2.50 bits per heavy atom. The van der Waals surface area contributed by atoms with Crippen LogP contribution in [0, 0.1) is 52.3 Å². The van der Waals surface area contributed by atoms with Crippen LogP contribution in [-0.2, 0) is 4.74 Å². The van der Waals surface area contributed by atoms with E-state index >= 15 is 0 Å². The highest BCUT2D eigenvalue weighted by Gasteiger charge is 2.61. The molecule has 10 atom stereocenters. The van der Waals surface area contributed by atoms with Crippen LogP contribution in [0.25, 0.3) is 0 Å². The number of methoxy groups -OCH3 is 1. The van der Waals surface area contributed by atoms with E-state index in [2.05, 4.69) is 47.6 Å². The zero-order chi connectivity index (χ0) is 30.4. The van der Waals surface area contributed by atoms with Gasteiger partial charge >= 0.3 is 5.97 Å². The number of carbonyl (C=O) groups excluding carboxylic acids is 1. The number of aliphatic hydroxyl groups is 1. The standard InChI is InChI=1S/C37H56O5/c1-8-24(22(2)3)10-9-23(4)28-12-13-29-34-30(16-18-37(28,29)6)36(5)17-15-27(20-26(36)21-32(34)39)42-35(40)25-11-14-31(38)33(19-25)41-7/h11,14,19,21-24,27-30,32,34,38-39H,8-10,12-13,15-18,20H2,1-7H3. The fourth-order valence-electron chi connectivity index (χ4n) is 10.4. The molecule has 0 aliphatic heterocycles. The first-order chi connectivity index (χ1) is 19.9. The van der Waals surface area contributed by atoms with E-state index in [-0.39, 0.29) is 23.0 Å². The molecule has 3 saturated carbocycles. The van der Waals surface area contributed by atoms with Crippen LogP contribution in [-0.4, -0.2) is 35.5 Å². The van der Waals surface area contributed by atoms with Gasteiger partial charge in [-0.15, -0.1) is 0 Å². The van der Waals surface area contributed by atoms with Crippen LogP contribution in [0.1, 0.15) is 116 Å². The minimum atomic E-state index is -0.419. The monoisotopic (exact) mass is 580 g/mol. The number of rotatable bonds is 9. The molecule has 0 heterocycles. The molecule has 10 unspecified atom stereocenters. The average Bonchev–Trinajstić information content (AvgIpc) is 3.31. The van der Waals surface area contributed by atoms with Gasteiger partial charge in [-0.3, -0.25) is 0 Å². The van der Waals surface area contributed by atoms with Crippen molar-refractivity contribution >= 4 is 5.97 Å². The first-order valence-electron chi connectivity index (χ1n) is 16.9. The highest BCUT2D eigenvalue weighted by Crippen LogP contribution is 2.67. The van der Waals surface area contributed by atoms with Crippen molar-refractivity contribution in [3.63, 3.8) is 0 Å². The van der Waals surface area contributed by atoms with Crippen LogP contribution >= 0.6 is 0 Å². The van der Waals surface area contributed by atoms with Crippen LogP contribution in [0.5, 0.6) is 11.5 Å². The Balaban J connectivity index is 1.28. The predicted molar refractivity (Wildman–Crippen MR) is 167 cm³/mol. The molecule has 0 saturated heterocycles. The maximum atomic E-state index is 13.0. The molecule has 5 nitrogen and oxygen atoms in total. The number of ether oxygens (including phenoxy) is 2. The highest BCUT2D eigenvalue weighted by molar-refractivity contribution is 5.90. The third-order valence-electron chi connectivity index (χ3n) is 13.0. The maximum Gasteiger partial charge on any atom is 0.338 e. The van der Waals surface area contributed by atoms with Crippen molar-refractivity contribution in [3.8, 4) is 11.5 Å². The molecule has 234 valence electrons. The van der Waals surface area contributed by atoms with E-state index in [1.807, 2.05) is 0 Å². The molecular formula is C37H56O5. The number of esters is 1. The molecule has 2 N–H and O–H groups in total. The Morgan fingerprint density at radius 2 is 1.81 bits per heavy atom. The van der Waals surface area contributed by atoms with Crippen LogP contribution in [0.15, 0.2) is 29.8 Å². The van der Waals surface area contributed by atoms with E-state index < -0.39 is 12.1 Å². The van der Waals surface area contributed by atoms with Crippen LogP contribution in [0.3, 0.4) is 0 Å². The van der Waals surface area contributed by atoms with Crippen LogP contribution < -0.4 is 4.74 Å². The van der Waals surface area contributed by atoms with E-state index in [9.17, 15) is 15.0 Å². The zero-order valence-corrected chi connectivity index (χ0v) is 27.2. The summed E-state index contributed by atoms with van der Waals surface area (Å²) in [4.78, 5) is 13.0. The number of fused-ring (bicyclic) bond motifs is 5. The first kappa shape index (κ1) is 31.4. The fraction of sp³-hybridized carbons (Fsp3) is 0.757. The normalized spacial score (nSPS) is 37.2. The van der Waals surface area contributed by atoms with Crippen molar-refractivity contribution < 1.29 is 24.5 Å². The molecule has 5 rings (SSSR count). The third-order valence-corrected chi connectivity index (χ3v) is 13.0. The van der Waals surface area contributed by atoms with Gasteiger partial charge in [-0.1, -0.05) is 66.0 Å². The van der Waals surface area contributed by atoms with Gasteiger partial charge in [0.15, 0.2) is 11.5 Å². The van der Waals surface area contributed by atoms with E-state index in [0.717, 1.165) is 36.5 Å². The van der Waals surface area contributed by atoms with Gasteiger partial charge in [0.1, 0.15) is 6.10 Å². The average molecular weight is 581 g/mol.